The maximum Gasteiger partial charge on any atom is 1.00 e. The van der Waals surface area contributed by atoms with Gasteiger partial charge >= 0.3 is 35.5 Å². The van der Waals surface area contributed by atoms with Crippen LogP contribution in [0.15, 0.2) is 47.9 Å². The fourth-order valence-corrected chi connectivity index (χ4v) is 1.50. The molecule has 6 nitrogen and oxygen atoms in total. The number of aliphatic hydroxyl groups excluding tert-OH is 1. The van der Waals surface area contributed by atoms with Crippen molar-refractivity contribution in [2.24, 2.45) is 0 Å². The van der Waals surface area contributed by atoms with Crippen LogP contribution in [-0.2, 0) is 19.6 Å². The van der Waals surface area contributed by atoms with E-state index in [2.05, 4.69) is 17.9 Å². The smallest absolute Gasteiger partial charge is 0.744 e. The van der Waals surface area contributed by atoms with Crippen molar-refractivity contribution >= 4 is 22.2 Å². The van der Waals surface area contributed by atoms with E-state index in [0.29, 0.717) is 0 Å². The zero-order chi connectivity index (χ0) is 16.6. The van der Waals surface area contributed by atoms with Crippen LogP contribution in [0.4, 0.5) is 0 Å². The van der Waals surface area contributed by atoms with Crippen LogP contribution in [0.1, 0.15) is 19.4 Å². The molecule has 1 aromatic rings. The molecule has 0 saturated carbocycles. The van der Waals surface area contributed by atoms with Gasteiger partial charge in [-0.3, -0.25) is 0 Å². The summed E-state index contributed by atoms with van der Waals surface area (Å²) in [6.45, 7) is 9.70. The fourth-order valence-electron chi connectivity index (χ4n) is 1.03. The normalized spacial score (nSPS) is 11.1. The van der Waals surface area contributed by atoms with Crippen molar-refractivity contribution in [3.8, 4) is 0 Å². The predicted octanol–water partition coefficient (Wildman–Crippen LogP) is -1.32. The number of carbonyl (C=O) groups excluding carboxylic acids is 1. The van der Waals surface area contributed by atoms with Crippen molar-refractivity contribution in [3.05, 3.63) is 48.6 Å². The van der Waals surface area contributed by atoms with Gasteiger partial charge in [0.1, 0.15) is 10.1 Å². The molecule has 0 heterocycles. The molecule has 0 spiro atoms. The first-order valence-corrected chi connectivity index (χ1v) is 7.21. The molecule has 22 heavy (non-hydrogen) atoms. The van der Waals surface area contributed by atoms with Gasteiger partial charge in [-0.15, -0.1) is 0 Å². The van der Waals surface area contributed by atoms with E-state index in [4.69, 9.17) is 5.11 Å². The second kappa shape index (κ2) is 10.7. The zero-order valence-electron chi connectivity index (χ0n) is 12.8. The van der Waals surface area contributed by atoms with E-state index >= 15 is 0 Å². The monoisotopic (exact) mass is 336 g/mol. The standard InChI is InChI=1S/C8H8O3S.C6H10O3.Na/c1-2-7-3-5-8(6-4-7)12(9,10)11;1-4(2)6(8)9-5(3)7;/h2-6H,1H2,(H,9,10,11);5,7H,1H2,2-3H3;/q;;+1/p-1. The van der Waals surface area contributed by atoms with Crippen molar-refractivity contribution < 1.29 is 57.2 Å². The van der Waals surface area contributed by atoms with Gasteiger partial charge in [-0.2, -0.15) is 0 Å². The Morgan fingerprint density at radius 2 is 1.82 bits per heavy atom. The number of ether oxygens (including phenoxy) is 1. The van der Waals surface area contributed by atoms with Gasteiger partial charge in [0.25, 0.3) is 0 Å². The number of rotatable bonds is 4. The maximum atomic E-state index is 10.5. The summed E-state index contributed by atoms with van der Waals surface area (Å²) in [7, 11) is -4.31. The Bertz CT molecular complexity index is 605. The summed E-state index contributed by atoms with van der Waals surface area (Å²) in [4.78, 5) is 10.3. The first-order chi connectivity index (χ1) is 9.57. The number of carbonyl (C=O) groups is 1. The van der Waals surface area contributed by atoms with E-state index in [1.807, 2.05) is 0 Å². The third-order valence-corrected chi connectivity index (χ3v) is 2.88. The molecule has 1 atom stereocenters. The molecule has 1 unspecified atom stereocenters. The summed E-state index contributed by atoms with van der Waals surface area (Å²) in [5.74, 6) is -0.565. The Labute approximate surface area is 152 Å². The van der Waals surface area contributed by atoms with Crippen molar-refractivity contribution in [1.29, 1.82) is 0 Å². The Morgan fingerprint density at radius 1 is 1.36 bits per heavy atom. The molecule has 0 saturated heterocycles. The minimum atomic E-state index is -4.31. The number of aliphatic hydroxyl groups is 1. The fraction of sp³-hybridized carbons (Fsp3) is 0.214. The van der Waals surface area contributed by atoms with Crippen LogP contribution in [0.5, 0.6) is 0 Å². The third-order valence-electron chi connectivity index (χ3n) is 2.03. The van der Waals surface area contributed by atoms with Crippen LogP contribution in [0.2, 0.25) is 0 Å². The molecule has 0 aliphatic carbocycles. The molecular weight excluding hydrogens is 319 g/mol. The van der Waals surface area contributed by atoms with Gasteiger partial charge in [-0.25, -0.2) is 13.2 Å². The second-order valence-electron chi connectivity index (χ2n) is 4.01. The minimum Gasteiger partial charge on any atom is -0.744 e. The Morgan fingerprint density at radius 3 is 2.05 bits per heavy atom. The van der Waals surface area contributed by atoms with Crippen molar-refractivity contribution in [2.45, 2.75) is 25.0 Å². The van der Waals surface area contributed by atoms with Crippen molar-refractivity contribution in [2.75, 3.05) is 0 Å². The molecule has 1 rings (SSSR count). The maximum absolute atomic E-state index is 10.5. The second-order valence-corrected chi connectivity index (χ2v) is 5.39. The first kappa shape index (κ1) is 23.3. The molecule has 0 aliphatic heterocycles. The van der Waals surface area contributed by atoms with Gasteiger partial charge in [0.2, 0.25) is 0 Å². The number of hydrogen-bond acceptors (Lipinski definition) is 6. The summed E-state index contributed by atoms with van der Waals surface area (Å²) in [5.41, 5.74) is 1.07. The van der Waals surface area contributed by atoms with Gasteiger partial charge in [0.05, 0.1) is 4.90 Å². The Hall–Kier alpha value is -0.960. The molecule has 1 N–H and O–H groups in total. The molecule has 0 radical (unpaired) electrons. The van der Waals surface area contributed by atoms with E-state index in [-0.39, 0.29) is 40.0 Å². The van der Waals surface area contributed by atoms with Crippen LogP contribution in [0.25, 0.3) is 6.08 Å². The van der Waals surface area contributed by atoms with Crippen LogP contribution in [0, 0.1) is 0 Å². The molecule has 116 valence electrons. The summed E-state index contributed by atoms with van der Waals surface area (Å²) in [6.07, 6.45) is 0.524. The molecule has 8 heteroatoms. The SMILES string of the molecule is C=C(C)C(=O)OC(C)O.C=Cc1ccc(S(=O)(=O)[O-])cc1.[Na+]. The van der Waals surface area contributed by atoms with Crippen molar-refractivity contribution in [1.82, 2.24) is 0 Å². The summed E-state index contributed by atoms with van der Waals surface area (Å²) >= 11 is 0. The zero-order valence-corrected chi connectivity index (χ0v) is 15.6. The van der Waals surface area contributed by atoms with Gasteiger partial charge < -0.3 is 14.4 Å². The van der Waals surface area contributed by atoms with Crippen LogP contribution in [0.3, 0.4) is 0 Å². The van der Waals surface area contributed by atoms with E-state index in [1.54, 1.807) is 6.08 Å². The Balaban J connectivity index is 0. The third kappa shape index (κ3) is 9.88. The first-order valence-electron chi connectivity index (χ1n) is 5.81. The van der Waals surface area contributed by atoms with E-state index < -0.39 is 22.4 Å². The van der Waals surface area contributed by atoms with Gasteiger partial charge in [-0.05, 0) is 31.5 Å². The number of esters is 1. The van der Waals surface area contributed by atoms with Gasteiger partial charge in [0.15, 0.2) is 6.29 Å². The largest absolute Gasteiger partial charge is 1.00 e. The molecule has 0 aromatic heterocycles. The Kier molecular flexibility index (Phi) is 11.4. The average molecular weight is 336 g/mol. The number of hydrogen-bond donors (Lipinski definition) is 1. The van der Waals surface area contributed by atoms with Gasteiger partial charge in [0, 0.05) is 5.57 Å². The minimum absolute atomic E-state index is 0. The van der Waals surface area contributed by atoms with Crippen LogP contribution >= 0.6 is 0 Å². The van der Waals surface area contributed by atoms with Crippen LogP contribution in [-0.4, -0.2) is 30.3 Å². The summed E-state index contributed by atoms with van der Waals surface area (Å²) in [5, 5.41) is 8.49. The molecule has 1 aromatic carbocycles. The quantitative estimate of drug-likeness (QED) is 0.240. The molecule has 0 amide bonds. The van der Waals surface area contributed by atoms with Crippen LogP contribution < -0.4 is 29.6 Å². The van der Waals surface area contributed by atoms with E-state index in [0.717, 1.165) is 5.56 Å². The molecular formula is C14H17NaO6S. The van der Waals surface area contributed by atoms with Gasteiger partial charge in [-0.1, -0.05) is 31.4 Å². The predicted molar refractivity (Wildman–Crippen MR) is 77.1 cm³/mol. The molecule has 0 fully saturated rings. The van der Waals surface area contributed by atoms with E-state index in [1.165, 1.54) is 38.1 Å². The van der Waals surface area contributed by atoms with Crippen molar-refractivity contribution in [3.63, 3.8) is 0 Å². The average Bonchev–Trinajstić information content (AvgIpc) is 2.37. The number of benzene rings is 1. The molecule has 0 aliphatic rings. The topological polar surface area (TPSA) is 104 Å². The molecule has 0 bridgehead atoms. The summed E-state index contributed by atoms with van der Waals surface area (Å²) < 4.78 is 35.7. The van der Waals surface area contributed by atoms with E-state index in [9.17, 15) is 17.8 Å². The summed E-state index contributed by atoms with van der Waals surface area (Å²) in [6, 6.07) is 5.58.